The monoisotopic (exact) mass is 331 g/mol. The molecule has 2 rings (SSSR count). The molecule has 3 unspecified atom stereocenters. The van der Waals surface area contributed by atoms with Crippen LogP contribution in [0.15, 0.2) is 24.3 Å². The predicted octanol–water partition coefficient (Wildman–Crippen LogP) is 1.71. The van der Waals surface area contributed by atoms with Gasteiger partial charge in [0.1, 0.15) is 6.04 Å². The highest BCUT2D eigenvalue weighted by Crippen LogP contribution is 2.25. The van der Waals surface area contributed by atoms with Gasteiger partial charge in [0.2, 0.25) is 11.8 Å². The number of rotatable bonds is 6. The van der Waals surface area contributed by atoms with Gasteiger partial charge in [0.25, 0.3) is 0 Å². The van der Waals surface area contributed by atoms with Crippen molar-refractivity contribution in [2.75, 3.05) is 13.6 Å². The second kappa shape index (κ2) is 8.29. The molecule has 0 spiro atoms. The fourth-order valence-electron chi connectivity index (χ4n) is 2.92. The lowest BCUT2D eigenvalue weighted by molar-refractivity contribution is -0.144. The SMILES string of the molecule is CCC(C)C(=O)N1Cc2ccccc2CC1C(=O)NCC(C)NC. The number of hydrogen-bond acceptors (Lipinski definition) is 3. The summed E-state index contributed by atoms with van der Waals surface area (Å²) < 4.78 is 0. The van der Waals surface area contributed by atoms with Gasteiger partial charge in [-0.25, -0.2) is 0 Å². The molecule has 0 saturated carbocycles. The number of fused-ring (bicyclic) bond motifs is 1. The Morgan fingerprint density at radius 2 is 1.92 bits per heavy atom. The summed E-state index contributed by atoms with van der Waals surface area (Å²) in [6.07, 6.45) is 1.36. The normalized spacial score (nSPS) is 19.3. The van der Waals surface area contributed by atoms with Crippen LogP contribution in [0.5, 0.6) is 0 Å². The number of amides is 2. The summed E-state index contributed by atoms with van der Waals surface area (Å²) in [6, 6.07) is 7.84. The van der Waals surface area contributed by atoms with Gasteiger partial charge in [0.05, 0.1) is 0 Å². The fourth-order valence-corrected chi connectivity index (χ4v) is 2.92. The molecule has 0 aromatic heterocycles. The zero-order valence-electron chi connectivity index (χ0n) is 15.1. The lowest BCUT2D eigenvalue weighted by atomic mass is 9.92. The number of carbonyl (C=O) groups is 2. The third-order valence-electron chi connectivity index (χ3n) is 4.94. The first kappa shape index (κ1) is 18.5. The summed E-state index contributed by atoms with van der Waals surface area (Å²) in [4.78, 5) is 27.3. The van der Waals surface area contributed by atoms with Crippen LogP contribution in [0.25, 0.3) is 0 Å². The van der Waals surface area contributed by atoms with Crippen molar-refractivity contribution in [2.45, 2.75) is 52.2 Å². The fraction of sp³-hybridized carbons (Fsp3) is 0.579. The number of hydrogen-bond donors (Lipinski definition) is 2. The third-order valence-corrected chi connectivity index (χ3v) is 4.94. The highest BCUT2D eigenvalue weighted by Gasteiger charge is 2.35. The van der Waals surface area contributed by atoms with Gasteiger partial charge in [-0.1, -0.05) is 38.1 Å². The minimum Gasteiger partial charge on any atom is -0.353 e. The zero-order valence-corrected chi connectivity index (χ0v) is 15.1. The van der Waals surface area contributed by atoms with E-state index in [1.165, 1.54) is 0 Å². The average molecular weight is 331 g/mol. The van der Waals surface area contributed by atoms with Gasteiger partial charge in [-0.2, -0.15) is 0 Å². The topological polar surface area (TPSA) is 61.4 Å². The summed E-state index contributed by atoms with van der Waals surface area (Å²) in [7, 11) is 1.87. The predicted molar refractivity (Wildman–Crippen MR) is 95.5 cm³/mol. The molecule has 0 fully saturated rings. The van der Waals surface area contributed by atoms with Crippen LogP contribution in [0.2, 0.25) is 0 Å². The van der Waals surface area contributed by atoms with Crippen molar-refractivity contribution in [2.24, 2.45) is 5.92 Å². The molecule has 132 valence electrons. The molecule has 1 aromatic carbocycles. The van der Waals surface area contributed by atoms with Crippen LogP contribution in [0.4, 0.5) is 0 Å². The molecule has 5 nitrogen and oxygen atoms in total. The van der Waals surface area contributed by atoms with E-state index in [1.807, 2.05) is 46.0 Å². The van der Waals surface area contributed by atoms with E-state index in [9.17, 15) is 9.59 Å². The molecular weight excluding hydrogens is 302 g/mol. The van der Waals surface area contributed by atoms with E-state index in [1.54, 1.807) is 4.90 Å². The molecule has 2 N–H and O–H groups in total. The molecule has 2 amide bonds. The Morgan fingerprint density at radius 3 is 2.54 bits per heavy atom. The van der Waals surface area contributed by atoms with E-state index in [4.69, 9.17) is 0 Å². The average Bonchev–Trinajstić information content (AvgIpc) is 2.63. The summed E-state index contributed by atoms with van der Waals surface area (Å²) >= 11 is 0. The van der Waals surface area contributed by atoms with Gasteiger partial charge in [0, 0.05) is 31.5 Å². The van der Waals surface area contributed by atoms with Gasteiger partial charge >= 0.3 is 0 Å². The van der Waals surface area contributed by atoms with Crippen molar-refractivity contribution >= 4 is 11.8 Å². The first-order valence-corrected chi connectivity index (χ1v) is 8.80. The number of benzene rings is 1. The Bertz CT molecular complexity index is 588. The summed E-state index contributed by atoms with van der Waals surface area (Å²) in [5.74, 6) is -0.0705. The van der Waals surface area contributed by atoms with Crippen LogP contribution in [-0.2, 0) is 22.6 Å². The second-order valence-corrected chi connectivity index (χ2v) is 6.70. The molecule has 1 aliphatic rings. The van der Waals surface area contributed by atoms with Gasteiger partial charge < -0.3 is 15.5 Å². The molecule has 3 atom stereocenters. The Hall–Kier alpha value is -1.88. The van der Waals surface area contributed by atoms with Gasteiger partial charge in [-0.3, -0.25) is 9.59 Å². The first-order chi connectivity index (χ1) is 11.5. The maximum Gasteiger partial charge on any atom is 0.243 e. The van der Waals surface area contributed by atoms with Gasteiger partial charge in [-0.05, 0) is 31.5 Å². The van der Waals surface area contributed by atoms with Crippen LogP contribution in [0.1, 0.15) is 38.3 Å². The molecule has 0 radical (unpaired) electrons. The maximum atomic E-state index is 12.8. The van der Waals surface area contributed by atoms with Gasteiger partial charge in [0.15, 0.2) is 0 Å². The highest BCUT2D eigenvalue weighted by molar-refractivity contribution is 5.89. The van der Waals surface area contributed by atoms with E-state index in [0.717, 1.165) is 17.5 Å². The van der Waals surface area contributed by atoms with E-state index < -0.39 is 6.04 Å². The summed E-state index contributed by atoms with van der Waals surface area (Å²) in [5.41, 5.74) is 2.30. The molecule has 1 aliphatic heterocycles. The summed E-state index contributed by atoms with van der Waals surface area (Å²) in [5, 5.41) is 6.09. The van der Waals surface area contributed by atoms with Crippen molar-refractivity contribution in [3.63, 3.8) is 0 Å². The van der Waals surface area contributed by atoms with Gasteiger partial charge in [-0.15, -0.1) is 0 Å². The van der Waals surface area contributed by atoms with Crippen molar-refractivity contribution in [1.29, 1.82) is 0 Å². The molecule has 1 heterocycles. The molecule has 0 aliphatic carbocycles. The van der Waals surface area contributed by atoms with Crippen molar-refractivity contribution in [3.8, 4) is 0 Å². The smallest absolute Gasteiger partial charge is 0.243 e. The first-order valence-electron chi connectivity index (χ1n) is 8.80. The molecule has 1 aromatic rings. The Balaban J connectivity index is 2.20. The van der Waals surface area contributed by atoms with E-state index in [0.29, 0.717) is 19.5 Å². The van der Waals surface area contributed by atoms with Crippen molar-refractivity contribution in [1.82, 2.24) is 15.5 Å². The van der Waals surface area contributed by atoms with E-state index >= 15 is 0 Å². The van der Waals surface area contributed by atoms with Crippen LogP contribution in [-0.4, -0.2) is 42.4 Å². The Labute approximate surface area is 144 Å². The lowest BCUT2D eigenvalue weighted by Gasteiger charge is -2.37. The van der Waals surface area contributed by atoms with Crippen molar-refractivity contribution in [3.05, 3.63) is 35.4 Å². The van der Waals surface area contributed by atoms with E-state index in [2.05, 4.69) is 16.7 Å². The second-order valence-electron chi connectivity index (χ2n) is 6.70. The van der Waals surface area contributed by atoms with E-state index in [-0.39, 0.29) is 23.8 Å². The van der Waals surface area contributed by atoms with Crippen LogP contribution in [0.3, 0.4) is 0 Å². The number of nitrogens with one attached hydrogen (secondary N) is 2. The molecule has 24 heavy (non-hydrogen) atoms. The number of likely N-dealkylation sites (N-methyl/N-ethyl adjacent to an activating group) is 1. The number of carbonyl (C=O) groups excluding carboxylic acids is 2. The molecule has 5 heteroatoms. The molecule has 0 saturated heterocycles. The Kier molecular flexibility index (Phi) is 6.37. The standard InChI is InChI=1S/C19H29N3O2/c1-5-13(2)19(24)22-12-16-9-7-6-8-15(16)10-17(22)18(23)21-11-14(3)20-4/h6-9,13-14,17,20H,5,10-12H2,1-4H3,(H,21,23). The largest absolute Gasteiger partial charge is 0.353 e. The quantitative estimate of drug-likeness (QED) is 0.834. The minimum absolute atomic E-state index is 0.0637. The molecule has 0 bridgehead atoms. The summed E-state index contributed by atoms with van der Waals surface area (Å²) in [6.45, 7) is 7.02. The Morgan fingerprint density at radius 1 is 1.25 bits per heavy atom. The molecular formula is C19H29N3O2. The number of nitrogens with zero attached hydrogens (tertiary/aromatic N) is 1. The van der Waals surface area contributed by atoms with Crippen LogP contribution < -0.4 is 10.6 Å². The zero-order chi connectivity index (χ0) is 17.7. The highest BCUT2D eigenvalue weighted by atomic mass is 16.2. The lowest BCUT2D eigenvalue weighted by Crippen LogP contribution is -2.54. The minimum atomic E-state index is -0.426. The third kappa shape index (κ3) is 4.15. The van der Waals surface area contributed by atoms with Crippen LogP contribution >= 0.6 is 0 Å². The van der Waals surface area contributed by atoms with Crippen molar-refractivity contribution < 1.29 is 9.59 Å². The maximum absolute atomic E-state index is 12.8. The van der Waals surface area contributed by atoms with Crippen LogP contribution in [0, 0.1) is 5.92 Å².